The molecule has 0 aliphatic heterocycles. The molecular weight excluding hydrogens is 198 g/mol. The molecule has 0 fully saturated rings. The van der Waals surface area contributed by atoms with Gasteiger partial charge >= 0.3 is 0 Å². The van der Waals surface area contributed by atoms with E-state index in [0.717, 1.165) is 18.7 Å². The third kappa shape index (κ3) is 8.81. The normalized spacial score (nSPS) is 15.9. The van der Waals surface area contributed by atoms with Crippen molar-refractivity contribution in [3.8, 4) is 0 Å². The minimum atomic E-state index is -0.317. The quantitative estimate of drug-likeness (QED) is 0.595. The molecule has 0 aromatic heterocycles. The van der Waals surface area contributed by atoms with Gasteiger partial charge in [0.15, 0.2) is 0 Å². The van der Waals surface area contributed by atoms with E-state index < -0.39 is 0 Å². The maximum atomic E-state index is 9.26. The summed E-state index contributed by atoms with van der Waals surface area (Å²) in [6.45, 7) is 5.82. The molecule has 2 unspecified atom stereocenters. The molecule has 3 nitrogen and oxygen atoms in total. The van der Waals surface area contributed by atoms with E-state index in [1.807, 2.05) is 11.8 Å². The molecule has 4 heteroatoms. The van der Waals surface area contributed by atoms with Crippen LogP contribution in [0.3, 0.4) is 0 Å². The van der Waals surface area contributed by atoms with Crippen LogP contribution in [0.25, 0.3) is 0 Å². The average molecular weight is 221 g/mol. The molecule has 2 N–H and O–H groups in total. The lowest BCUT2D eigenvalue weighted by molar-refractivity contribution is 0.0839. The van der Waals surface area contributed by atoms with Crippen molar-refractivity contribution in [2.45, 2.75) is 32.5 Å². The smallest absolute Gasteiger partial charge is 0.0639 e. The average Bonchev–Trinajstić information content (AvgIpc) is 2.02. The van der Waals surface area contributed by atoms with Crippen LogP contribution >= 0.6 is 11.8 Å². The molecule has 0 aliphatic rings. The third-order valence-electron chi connectivity index (χ3n) is 1.87. The molecule has 14 heavy (non-hydrogen) atoms. The van der Waals surface area contributed by atoms with Crippen LogP contribution in [-0.2, 0) is 0 Å². The van der Waals surface area contributed by atoms with Gasteiger partial charge in [0, 0.05) is 13.1 Å². The van der Waals surface area contributed by atoms with Crippen LogP contribution in [0.2, 0.25) is 0 Å². The Morgan fingerprint density at radius 1 is 1.14 bits per heavy atom. The summed E-state index contributed by atoms with van der Waals surface area (Å²) in [5, 5.41) is 18.5. The van der Waals surface area contributed by atoms with Crippen LogP contribution in [0.15, 0.2) is 0 Å². The van der Waals surface area contributed by atoms with Crippen molar-refractivity contribution in [3.63, 3.8) is 0 Å². The molecule has 0 amide bonds. The highest BCUT2D eigenvalue weighted by atomic mass is 32.2. The van der Waals surface area contributed by atoms with E-state index in [1.165, 1.54) is 0 Å². The first-order valence-electron chi connectivity index (χ1n) is 5.13. The molecule has 0 bridgehead atoms. The molecule has 0 saturated carbocycles. The van der Waals surface area contributed by atoms with E-state index in [0.29, 0.717) is 13.1 Å². The summed E-state index contributed by atoms with van der Waals surface area (Å²) in [4.78, 5) is 2.12. The molecule has 2 atom stereocenters. The predicted molar refractivity (Wildman–Crippen MR) is 62.8 cm³/mol. The van der Waals surface area contributed by atoms with Crippen molar-refractivity contribution in [1.29, 1.82) is 0 Å². The first-order chi connectivity index (χ1) is 6.56. The summed E-state index contributed by atoms with van der Waals surface area (Å²) in [7, 11) is 0. The van der Waals surface area contributed by atoms with Crippen LogP contribution in [0.5, 0.6) is 0 Å². The lowest BCUT2D eigenvalue weighted by Gasteiger charge is -2.24. The highest BCUT2D eigenvalue weighted by Gasteiger charge is 2.10. The SMILES string of the molecule is CSCCCN(CC(C)O)CC(C)O. The summed E-state index contributed by atoms with van der Waals surface area (Å²) in [5.41, 5.74) is 0. The molecule has 0 saturated heterocycles. The summed E-state index contributed by atoms with van der Waals surface area (Å²) in [6.07, 6.45) is 2.57. The number of aliphatic hydroxyl groups excluding tert-OH is 2. The van der Waals surface area contributed by atoms with Gasteiger partial charge in [-0.25, -0.2) is 0 Å². The van der Waals surface area contributed by atoms with Crippen molar-refractivity contribution in [1.82, 2.24) is 4.90 Å². The van der Waals surface area contributed by atoms with Crippen LogP contribution in [0.4, 0.5) is 0 Å². The van der Waals surface area contributed by atoms with E-state index in [2.05, 4.69) is 11.2 Å². The lowest BCUT2D eigenvalue weighted by Crippen LogP contribution is -2.37. The van der Waals surface area contributed by atoms with Gasteiger partial charge in [0.2, 0.25) is 0 Å². The van der Waals surface area contributed by atoms with Crippen LogP contribution in [0, 0.1) is 0 Å². The number of hydrogen-bond donors (Lipinski definition) is 2. The number of rotatable bonds is 8. The highest BCUT2D eigenvalue weighted by molar-refractivity contribution is 7.98. The zero-order valence-electron chi connectivity index (χ0n) is 9.44. The van der Waals surface area contributed by atoms with Gasteiger partial charge in [-0.05, 0) is 38.8 Å². The molecular formula is C10H23NO2S. The fraction of sp³-hybridized carbons (Fsp3) is 1.00. The van der Waals surface area contributed by atoms with E-state index in [9.17, 15) is 10.2 Å². The largest absolute Gasteiger partial charge is 0.392 e. The lowest BCUT2D eigenvalue weighted by atomic mass is 10.3. The van der Waals surface area contributed by atoms with Crippen molar-refractivity contribution in [2.24, 2.45) is 0 Å². The van der Waals surface area contributed by atoms with Crippen LogP contribution in [0.1, 0.15) is 20.3 Å². The van der Waals surface area contributed by atoms with Gasteiger partial charge in [0.05, 0.1) is 12.2 Å². The highest BCUT2D eigenvalue weighted by Crippen LogP contribution is 2.01. The van der Waals surface area contributed by atoms with Crippen molar-refractivity contribution >= 4 is 11.8 Å². The maximum absolute atomic E-state index is 9.26. The van der Waals surface area contributed by atoms with Crippen molar-refractivity contribution < 1.29 is 10.2 Å². The Kier molecular flexibility index (Phi) is 8.67. The fourth-order valence-electron chi connectivity index (χ4n) is 1.44. The van der Waals surface area contributed by atoms with Gasteiger partial charge in [0.1, 0.15) is 0 Å². The van der Waals surface area contributed by atoms with Gasteiger partial charge in [-0.2, -0.15) is 11.8 Å². The standard InChI is InChI=1S/C10H23NO2S/c1-9(12)7-11(8-10(2)13)5-4-6-14-3/h9-10,12-13H,4-8H2,1-3H3. The van der Waals surface area contributed by atoms with Gasteiger partial charge in [-0.3, -0.25) is 4.90 Å². The van der Waals surface area contributed by atoms with E-state index in [1.54, 1.807) is 13.8 Å². The summed E-state index contributed by atoms with van der Waals surface area (Å²) < 4.78 is 0. The molecule has 0 spiro atoms. The Morgan fingerprint density at radius 3 is 2.00 bits per heavy atom. The first-order valence-corrected chi connectivity index (χ1v) is 6.53. The number of thioether (sulfide) groups is 1. The van der Waals surface area contributed by atoms with Gasteiger partial charge in [-0.1, -0.05) is 0 Å². The summed E-state index contributed by atoms with van der Waals surface area (Å²) in [5.74, 6) is 1.14. The Hall–Kier alpha value is 0.230. The predicted octanol–water partition coefficient (Wildman–Crippen LogP) is 0.803. The van der Waals surface area contributed by atoms with Gasteiger partial charge < -0.3 is 10.2 Å². The zero-order valence-corrected chi connectivity index (χ0v) is 10.3. The molecule has 86 valence electrons. The molecule has 0 rings (SSSR count). The Morgan fingerprint density at radius 2 is 1.64 bits per heavy atom. The molecule has 0 aromatic carbocycles. The Bertz CT molecular complexity index is 121. The zero-order chi connectivity index (χ0) is 11.0. The van der Waals surface area contributed by atoms with Crippen molar-refractivity contribution in [3.05, 3.63) is 0 Å². The first kappa shape index (κ1) is 14.2. The summed E-state index contributed by atoms with van der Waals surface area (Å²) >= 11 is 1.83. The maximum Gasteiger partial charge on any atom is 0.0639 e. The molecule has 0 aliphatic carbocycles. The molecule has 0 radical (unpaired) electrons. The Balaban J connectivity index is 3.72. The van der Waals surface area contributed by atoms with Gasteiger partial charge in [-0.15, -0.1) is 0 Å². The number of nitrogens with zero attached hydrogens (tertiary/aromatic N) is 1. The minimum absolute atomic E-state index is 0.317. The Labute approximate surface area is 91.5 Å². The van der Waals surface area contributed by atoms with Crippen molar-refractivity contribution in [2.75, 3.05) is 31.6 Å². The second kappa shape index (κ2) is 8.53. The number of hydrogen-bond acceptors (Lipinski definition) is 4. The molecule has 0 heterocycles. The van der Waals surface area contributed by atoms with Gasteiger partial charge in [0.25, 0.3) is 0 Å². The van der Waals surface area contributed by atoms with Crippen LogP contribution < -0.4 is 0 Å². The molecule has 0 aromatic rings. The van der Waals surface area contributed by atoms with E-state index in [-0.39, 0.29) is 12.2 Å². The van der Waals surface area contributed by atoms with E-state index in [4.69, 9.17) is 0 Å². The monoisotopic (exact) mass is 221 g/mol. The summed E-state index contributed by atoms with van der Waals surface area (Å²) in [6, 6.07) is 0. The minimum Gasteiger partial charge on any atom is -0.392 e. The number of aliphatic hydroxyl groups is 2. The second-order valence-corrected chi connectivity index (χ2v) is 4.79. The van der Waals surface area contributed by atoms with E-state index >= 15 is 0 Å². The topological polar surface area (TPSA) is 43.7 Å². The fourth-order valence-corrected chi connectivity index (χ4v) is 1.85. The van der Waals surface area contributed by atoms with Crippen LogP contribution in [-0.4, -0.2) is 59.0 Å². The second-order valence-electron chi connectivity index (χ2n) is 3.80. The third-order valence-corrected chi connectivity index (χ3v) is 2.56.